The number of hydrogen-bond acceptors (Lipinski definition) is 4. The summed E-state index contributed by atoms with van der Waals surface area (Å²) >= 11 is 0. The number of amides is 1. The third-order valence-electron chi connectivity index (χ3n) is 2.86. The third kappa shape index (κ3) is 4.81. The number of nitrogen functional groups attached to an aromatic ring is 1. The average molecular weight is 286 g/mol. The zero-order valence-electron chi connectivity index (χ0n) is 11.8. The topological polar surface area (TPSA) is 73.6 Å². The summed E-state index contributed by atoms with van der Waals surface area (Å²) in [5, 5.41) is 2.73. The van der Waals surface area contributed by atoms with Gasteiger partial charge in [0.2, 0.25) is 5.91 Å². The van der Waals surface area contributed by atoms with Crippen LogP contribution < -0.4 is 15.8 Å². The van der Waals surface area contributed by atoms with Crippen molar-refractivity contribution in [2.24, 2.45) is 0 Å². The Balaban J connectivity index is 1.74. The first-order valence-corrected chi connectivity index (χ1v) is 6.53. The minimum atomic E-state index is -0.201. The first-order chi connectivity index (χ1) is 10.2. The molecule has 0 aliphatic rings. The molecule has 0 unspecified atom stereocenters. The highest BCUT2D eigenvalue weighted by Gasteiger charge is 2.03. The molecule has 1 amide bonds. The Morgan fingerprint density at radius 1 is 1.10 bits per heavy atom. The van der Waals surface area contributed by atoms with Crippen molar-refractivity contribution < 1.29 is 14.3 Å². The van der Waals surface area contributed by atoms with Crippen LogP contribution in [0.25, 0.3) is 0 Å². The van der Waals surface area contributed by atoms with Crippen molar-refractivity contribution in [1.29, 1.82) is 0 Å². The normalized spacial score (nSPS) is 10.1. The average Bonchev–Trinajstić information content (AvgIpc) is 2.50. The van der Waals surface area contributed by atoms with E-state index in [-0.39, 0.29) is 12.5 Å². The molecule has 2 aromatic rings. The minimum Gasteiger partial charge on any atom is -0.497 e. The predicted octanol–water partition coefficient (Wildman–Crippen LogP) is 2.43. The van der Waals surface area contributed by atoms with Gasteiger partial charge in [-0.05, 0) is 42.0 Å². The van der Waals surface area contributed by atoms with Gasteiger partial charge in [0.15, 0.2) is 0 Å². The molecule has 2 rings (SSSR count). The van der Waals surface area contributed by atoms with Crippen LogP contribution in [0.2, 0.25) is 0 Å². The Bertz CT molecular complexity index is 579. The Morgan fingerprint density at radius 3 is 2.38 bits per heavy atom. The number of benzene rings is 2. The summed E-state index contributed by atoms with van der Waals surface area (Å²) in [4.78, 5) is 11.7. The molecule has 0 saturated heterocycles. The van der Waals surface area contributed by atoms with E-state index >= 15 is 0 Å². The molecular formula is C16H18N2O3. The molecule has 0 aliphatic heterocycles. The lowest BCUT2D eigenvalue weighted by atomic mass is 10.2. The minimum absolute atomic E-state index is 0.00357. The molecule has 110 valence electrons. The van der Waals surface area contributed by atoms with Crippen LogP contribution >= 0.6 is 0 Å². The maximum Gasteiger partial charge on any atom is 0.250 e. The summed E-state index contributed by atoms with van der Waals surface area (Å²) in [5.74, 6) is 0.591. The first kappa shape index (κ1) is 14.9. The van der Waals surface area contributed by atoms with Crippen LogP contribution in [0, 0.1) is 0 Å². The van der Waals surface area contributed by atoms with Crippen molar-refractivity contribution in [3.05, 3.63) is 54.1 Å². The number of nitrogens with one attached hydrogen (secondary N) is 1. The Hall–Kier alpha value is -2.53. The van der Waals surface area contributed by atoms with E-state index in [0.29, 0.717) is 18.0 Å². The fraction of sp³-hybridized carbons (Fsp3) is 0.188. The third-order valence-corrected chi connectivity index (χ3v) is 2.86. The molecule has 3 N–H and O–H groups in total. The molecule has 21 heavy (non-hydrogen) atoms. The highest BCUT2D eigenvalue weighted by Crippen LogP contribution is 2.12. The maximum absolute atomic E-state index is 11.7. The molecule has 0 saturated carbocycles. The highest BCUT2D eigenvalue weighted by molar-refractivity contribution is 5.91. The number of carbonyl (C=O) groups excluding carboxylic acids is 1. The van der Waals surface area contributed by atoms with Crippen molar-refractivity contribution in [2.45, 2.75) is 6.61 Å². The summed E-state index contributed by atoms with van der Waals surface area (Å²) in [7, 11) is 1.62. The van der Waals surface area contributed by atoms with E-state index in [1.807, 2.05) is 24.3 Å². The molecule has 0 aliphatic carbocycles. The molecule has 0 bridgehead atoms. The largest absolute Gasteiger partial charge is 0.497 e. The van der Waals surface area contributed by atoms with E-state index in [2.05, 4.69) is 5.32 Å². The second-order valence-corrected chi connectivity index (χ2v) is 4.51. The Labute approximate surface area is 123 Å². The molecule has 5 heteroatoms. The van der Waals surface area contributed by atoms with Gasteiger partial charge in [0.25, 0.3) is 0 Å². The standard InChI is InChI=1S/C16H18N2O3/c1-20-15-8-2-12(3-9-15)10-21-11-16(19)18-14-6-4-13(17)5-7-14/h2-9H,10-11,17H2,1H3,(H,18,19). The van der Waals surface area contributed by atoms with Crippen LogP contribution in [0.1, 0.15) is 5.56 Å². The van der Waals surface area contributed by atoms with Gasteiger partial charge in [0, 0.05) is 11.4 Å². The summed E-state index contributed by atoms with van der Waals surface area (Å²) in [6, 6.07) is 14.5. The van der Waals surface area contributed by atoms with Crippen molar-refractivity contribution in [2.75, 3.05) is 24.8 Å². The lowest BCUT2D eigenvalue weighted by molar-refractivity contribution is -0.121. The second kappa shape index (κ2) is 7.31. The zero-order valence-corrected chi connectivity index (χ0v) is 11.8. The Morgan fingerprint density at radius 2 is 1.76 bits per heavy atom. The number of ether oxygens (including phenoxy) is 2. The maximum atomic E-state index is 11.7. The molecule has 0 aromatic heterocycles. The molecule has 5 nitrogen and oxygen atoms in total. The van der Waals surface area contributed by atoms with Crippen LogP contribution in [0.4, 0.5) is 11.4 Å². The van der Waals surface area contributed by atoms with Gasteiger partial charge >= 0.3 is 0 Å². The van der Waals surface area contributed by atoms with Gasteiger partial charge in [-0.15, -0.1) is 0 Å². The second-order valence-electron chi connectivity index (χ2n) is 4.51. The number of methoxy groups -OCH3 is 1. The van der Waals surface area contributed by atoms with Gasteiger partial charge in [0.1, 0.15) is 12.4 Å². The van der Waals surface area contributed by atoms with Crippen molar-refractivity contribution in [3.8, 4) is 5.75 Å². The van der Waals surface area contributed by atoms with Crippen molar-refractivity contribution >= 4 is 17.3 Å². The summed E-state index contributed by atoms with van der Waals surface area (Å²) in [6.07, 6.45) is 0. The predicted molar refractivity (Wildman–Crippen MR) is 82.1 cm³/mol. The zero-order chi connectivity index (χ0) is 15.1. The molecule has 0 heterocycles. The first-order valence-electron chi connectivity index (χ1n) is 6.53. The van der Waals surface area contributed by atoms with Gasteiger partial charge in [-0.1, -0.05) is 12.1 Å². The Kier molecular flexibility index (Phi) is 5.17. The quantitative estimate of drug-likeness (QED) is 0.800. The lowest BCUT2D eigenvalue weighted by Gasteiger charge is -2.07. The molecule has 0 fully saturated rings. The van der Waals surface area contributed by atoms with Crippen LogP contribution in [0.15, 0.2) is 48.5 Å². The highest BCUT2D eigenvalue weighted by atomic mass is 16.5. The van der Waals surface area contributed by atoms with E-state index in [0.717, 1.165) is 11.3 Å². The van der Waals surface area contributed by atoms with Crippen LogP contribution in [0.3, 0.4) is 0 Å². The molecular weight excluding hydrogens is 268 g/mol. The van der Waals surface area contributed by atoms with Gasteiger partial charge in [-0.25, -0.2) is 0 Å². The summed E-state index contributed by atoms with van der Waals surface area (Å²) < 4.78 is 10.4. The van der Waals surface area contributed by atoms with Crippen LogP contribution in [-0.2, 0) is 16.1 Å². The fourth-order valence-electron chi connectivity index (χ4n) is 1.75. The lowest BCUT2D eigenvalue weighted by Crippen LogP contribution is -2.18. The fourth-order valence-corrected chi connectivity index (χ4v) is 1.75. The number of anilines is 2. The van der Waals surface area contributed by atoms with Gasteiger partial charge in [-0.3, -0.25) is 4.79 Å². The van der Waals surface area contributed by atoms with E-state index in [1.54, 1.807) is 31.4 Å². The van der Waals surface area contributed by atoms with E-state index in [4.69, 9.17) is 15.2 Å². The van der Waals surface area contributed by atoms with Crippen LogP contribution in [0.5, 0.6) is 5.75 Å². The molecule has 0 atom stereocenters. The number of hydrogen-bond donors (Lipinski definition) is 2. The number of rotatable bonds is 6. The molecule has 2 aromatic carbocycles. The van der Waals surface area contributed by atoms with Crippen molar-refractivity contribution in [3.63, 3.8) is 0 Å². The van der Waals surface area contributed by atoms with Crippen LogP contribution in [-0.4, -0.2) is 19.6 Å². The van der Waals surface area contributed by atoms with E-state index < -0.39 is 0 Å². The summed E-state index contributed by atoms with van der Waals surface area (Å²) in [5.41, 5.74) is 7.91. The monoisotopic (exact) mass is 286 g/mol. The number of nitrogens with two attached hydrogens (primary N) is 1. The van der Waals surface area contributed by atoms with E-state index in [9.17, 15) is 4.79 Å². The SMILES string of the molecule is COc1ccc(COCC(=O)Nc2ccc(N)cc2)cc1. The van der Waals surface area contributed by atoms with Crippen molar-refractivity contribution in [1.82, 2.24) is 0 Å². The summed E-state index contributed by atoms with van der Waals surface area (Å²) in [6.45, 7) is 0.371. The van der Waals surface area contributed by atoms with Gasteiger partial charge in [0.05, 0.1) is 13.7 Å². The van der Waals surface area contributed by atoms with E-state index in [1.165, 1.54) is 0 Å². The molecule has 0 radical (unpaired) electrons. The molecule has 0 spiro atoms. The smallest absolute Gasteiger partial charge is 0.250 e. The number of carbonyl (C=O) groups is 1. The van der Waals surface area contributed by atoms with Gasteiger partial charge < -0.3 is 20.5 Å². The van der Waals surface area contributed by atoms with Gasteiger partial charge in [-0.2, -0.15) is 0 Å².